The molecule has 0 radical (unpaired) electrons. The standard InChI is InChI=1S/C35H37N5O4/c41-35(42)26-7-9-31-32(17-26)40(20-29-12-15-43-29)33(36-31)21-38-13-10-25(11-14-38)30-2-1-3-34(37-30)44-22-23-4-8-28-16-27(24-5-6-24)19-39(28)18-23/h1-4,7-9,16-19,24-25,29H,5-6,10-15,20-22H2,(H,41,42). The second-order valence-electron chi connectivity index (χ2n) is 12.6. The van der Waals surface area contributed by atoms with Gasteiger partial charge in [-0.05, 0) is 93.1 Å². The van der Waals surface area contributed by atoms with Crippen LogP contribution >= 0.6 is 0 Å². The first-order valence-electron chi connectivity index (χ1n) is 15.8. The number of carbonyl (C=O) groups is 1. The minimum Gasteiger partial charge on any atom is -0.478 e. The van der Waals surface area contributed by atoms with E-state index in [1.54, 1.807) is 12.1 Å². The molecule has 1 N–H and O–H groups in total. The number of imidazole rings is 1. The summed E-state index contributed by atoms with van der Waals surface area (Å²) < 4.78 is 16.3. The van der Waals surface area contributed by atoms with Gasteiger partial charge in [-0.2, -0.15) is 0 Å². The van der Waals surface area contributed by atoms with Gasteiger partial charge in [0.2, 0.25) is 5.88 Å². The number of nitrogens with zero attached hydrogens (tertiary/aromatic N) is 5. The summed E-state index contributed by atoms with van der Waals surface area (Å²) in [5.41, 5.74) is 6.87. The van der Waals surface area contributed by atoms with Crippen LogP contribution in [-0.4, -0.2) is 60.7 Å². The van der Waals surface area contributed by atoms with Crippen LogP contribution < -0.4 is 4.74 Å². The second-order valence-corrected chi connectivity index (χ2v) is 12.6. The monoisotopic (exact) mass is 591 g/mol. The number of hydrogen-bond acceptors (Lipinski definition) is 6. The van der Waals surface area contributed by atoms with E-state index in [0.717, 1.165) is 79.5 Å². The van der Waals surface area contributed by atoms with Gasteiger partial charge in [0.1, 0.15) is 12.4 Å². The summed E-state index contributed by atoms with van der Waals surface area (Å²) in [5.74, 6) is 1.84. The molecule has 9 nitrogen and oxygen atoms in total. The Morgan fingerprint density at radius 2 is 1.82 bits per heavy atom. The van der Waals surface area contributed by atoms with Crippen LogP contribution in [0.5, 0.6) is 5.88 Å². The fourth-order valence-electron chi connectivity index (χ4n) is 6.65. The molecular weight excluding hydrogens is 554 g/mol. The highest BCUT2D eigenvalue weighted by molar-refractivity contribution is 5.92. The third-order valence-corrected chi connectivity index (χ3v) is 9.48. The zero-order valence-electron chi connectivity index (χ0n) is 24.8. The molecule has 1 aliphatic carbocycles. The largest absolute Gasteiger partial charge is 0.478 e. The van der Waals surface area contributed by atoms with Crippen molar-refractivity contribution >= 4 is 22.5 Å². The molecule has 2 aliphatic heterocycles. The van der Waals surface area contributed by atoms with Crippen LogP contribution in [0.1, 0.15) is 76.9 Å². The van der Waals surface area contributed by atoms with Crippen molar-refractivity contribution in [3.8, 4) is 5.88 Å². The van der Waals surface area contributed by atoms with E-state index in [0.29, 0.717) is 24.9 Å². The SMILES string of the molecule is O=C(O)c1ccc2nc(CN3CCC(c4cccc(OCc5ccc6cc(C7CC7)cn6c5)n4)CC3)n(CC3CCO3)c2c1. The first kappa shape index (κ1) is 27.3. The third-order valence-electron chi connectivity index (χ3n) is 9.48. The topological polar surface area (TPSA) is 94.1 Å². The Morgan fingerprint density at radius 3 is 2.59 bits per heavy atom. The van der Waals surface area contributed by atoms with Crippen LogP contribution in [0.4, 0.5) is 0 Å². The Morgan fingerprint density at radius 1 is 0.955 bits per heavy atom. The van der Waals surface area contributed by atoms with Crippen molar-refractivity contribution in [3.63, 3.8) is 0 Å². The maximum Gasteiger partial charge on any atom is 0.335 e. The number of aromatic carboxylic acids is 1. The molecule has 1 aromatic carbocycles. The zero-order chi connectivity index (χ0) is 29.6. The maximum atomic E-state index is 11.6. The number of benzene rings is 1. The van der Waals surface area contributed by atoms with Gasteiger partial charge < -0.3 is 23.5 Å². The highest BCUT2D eigenvalue weighted by Gasteiger charge is 2.27. The van der Waals surface area contributed by atoms with Gasteiger partial charge in [0.25, 0.3) is 0 Å². The Balaban J connectivity index is 0.909. The first-order valence-corrected chi connectivity index (χ1v) is 15.8. The highest BCUT2D eigenvalue weighted by atomic mass is 16.5. The number of ether oxygens (including phenoxy) is 2. The van der Waals surface area contributed by atoms with Crippen LogP contribution in [0.3, 0.4) is 0 Å². The number of likely N-dealkylation sites (tertiary alicyclic amines) is 1. The van der Waals surface area contributed by atoms with Crippen molar-refractivity contribution in [1.29, 1.82) is 0 Å². The summed E-state index contributed by atoms with van der Waals surface area (Å²) >= 11 is 0. The smallest absolute Gasteiger partial charge is 0.335 e. The zero-order valence-corrected chi connectivity index (χ0v) is 24.8. The summed E-state index contributed by atoms with van der Waals surface area (Å²) in [6, 6.07) is 17.9. The Bertz CT molecular complexity index is 1830. The predicted molar refractivity (Wildman–Crippen MR) is 166 cm³/mol. The summed E-state index contributed by atoms with van der Waals surface area (Å²) in [6.45, 7) is 4.58. The molecular formula is C35H37N5O4. The van der Waals surface area contributed by atoms with E-state index in [-0.39, 0.29) is 11.7 Å². The fourth-order valence-corrected chi connectivity index (χ4v) is 6.65. The molecule has 6 heterocycles. The third kappa shape index (κ3) is 5.57. The van der Waals surface area contributed by atoms with Crippen molar-refractivity contribution < 1.29 is 19.4 Å². The molecule has 5 aromatic rings. The number of carboxylic acid groups (broad SMARTS) is 1. The second kappa shape index (κ2) is 11.4. The van der Waals surface area contributed by atoms with Crippen molar-refractivity contribution in [2.75, 3.05) is 19.7 Å². The van der Waals surface area contributed by atoms with Gasteiger partial charge in [-0.25, -0.2) is 14.8 Å². The normalized spacial score (nSPS) is 19.4. The molecule has 44 heavy (non-hydrogen) atoms. The lowest BCUT2D eigenvalue weighted by Crippen LogP contribution is -2.35. The van der Waals surface area contributed by atoms with E-state index in [1.807, 2.05) is 12.1 Å². The molecule has 2 saturated heterocycles. The molecule has 1 saturated carbocycles. The van der Waals surface area contributed by atoms with Crippen molar-refractivity contribution in [1.82, 2.24) is 23.8 Å². The van der Waals surface area contributed by atoms with E-state index in [4.69, 9.17) is 19.4 Å². The summed E-state index contributed by atoms with van der Waals surface area (Å²) in [6.07, 6.45) is 10.2. The number of fused-ring (bicyclic) bond motifs is 2. The number of pyridine rings is 2. The summed E-state index contributed by atoms with van der Waals surface area (Å²) in [5, 5.41) is 9.54. The minimum absolute atomic E-state index is 0.155. The predicted octanol–water partition coefficient (Wildman–Crippen LogP) is 6.01. The van der Waals surface area contributed by atoms with Crippen LogP contribution in [-0.2, 0) is 24.4 Å². The van der Waals surface area contributed by atoms with E-state index in [1.165, 1.54) is 23.9 Å². The Labute approximate surface area is 256 Å². The Kier molecular flexibility index (Phi) is 7.07. The number of carboxylic acids is 1. The van der Waals surface area contributed by atoms with Crippen LogP contribution in [0, 0.1) is 0 Å². The molecule has 9 heteroatoms. The van der Waals surface area contributed by atoms with Crippen molar-refractivity contribution in [2.45, 2.75) is 69.7 Å². The number of piperidine rings is 1. The van der Waals surface area contributed by atoms with Gasteiger partial charge in [-0.3, -0.25) is 4.90 Å². The van der Waals surface area contributed by atoms with Crippen molar-refractivity contribution in [3.05, 3.63) is 95.2 Å². The number of hydrogen-bond donors (Lipinski definition) is 1. The lowest BCUT2D eigenvalue weighted by atomic mass is 9.93. The Hall–Kier alpha value is -4.21. The number of aromatic nitrogens is 4. The first-order chi connectivity index (χ1) is 21.6. The lowest BCUT2D eigenvalue weighted by molar-refractivity contribution is -0.0592. The molecule has 0 bridgehead atoms. The molecule has 3 aliphatic rings. The van der Waals surface area contributed by atoms with E-state index in [2.05, 4.69) is 56.6 Å². The van der Waals surface area contributed by atoms with E-state index >= 15 is 0 Å². The fraction of sp³-hybridized carbons (Fsp3) is 0.400. The van der Waals surface area contributed by atoms with Crippen LogP contribution in [0.25, 0.3) is 16.6 Å². The minimum atomic E-state index is -0.924. The molecule has 226 valence electrons. The van der Waals surface area contributed by atoms with Crippen LogP contribution in [0.2, 0.25) is 0 Å². The van der Waals surface area contributed by atoms with Gasteiger partial charge in [0.15, 0.2) is 0 Å². The summed E-state index contributed by atoms with van der Waals surface area (Å²) in [4.78, 5) is 23.9. The lowest BCUT2D eigenvalue weighted by Gasteiger charge is -2.32. The molecule has 8 rings (SSSR count). The van der Waals surface area contributed by atoms with Gasteiger partial charge in [-0.15, -0.1) is 0 Å². The van der Waals surface area contributed by atoms with Crippen LogP contribution in [0.15, 0.2) is 67.0 Å². The van der Waals surface area contributed by atoms with E-state index in [9.17, 15) is 9.90 Å². The molecule has 3 fully saturated rings. The average Bonchev–Trinajstić information content (AvgIpc) is 3.70. The van der Waals surface area contributed by atoms with Gasteiger partial charge in [0.05, 0.1) is 35.8 Å². The highest BCUT2D eigenvalue weighted by Crippen LogP contribution is 2.40. The quantitative estimate of drug-likeness (QED) is 0.213. The molecule has 1 atom stereocenters. The average molecular weight is 592 g/mol. The molecule has 4 aromatic heterocycles. The van der Waals surface area contributed by atoms with Gasteiger partial charge >= 0.3 is 5.97 Å². The van der Waals surface area contributed by atoms with E-state index < -0.39 is 5.97 Å². The maximum absolute atomic E-state index is 11.6. The molecule has 0 amide bonds. The molecule has 1 unspecified atom stereocenters. The van der Waals surface area contributed by atoms with Gasteiger partial charge in [-0.1, -0.05) is 12.1 Å². The van der Waals surface area contributed by atoms with Gasteiger partial charge in [0, 0.05) is 47.8 Å². The molecule has 0 spiro atoms. The number of rotatable bonds is 10. The van der Waals surface area contributed by atoms with Crippen molar-refractivity contribution in [2.24, 2.45) is 0 Å². The summed E-state index contributed by atoms with van der Waals surface area (Å²) in [7, 11) is 0.